The molecule has 3 heteroatoms. The van der Waals surface area contributed by atoms with Crippen LogP contribution in [0.5, 0.6) is 5.75 Å². The average molecular weight is 289 g/mol. The monoisotopic (exact) mass is 288 g/mol. The van der Waals surface area contributed by atoms with Gasteiger partial charge in [0.25, 0.3) is 0 Å². The molecule has 1 atom stereocenters. The normalized spacial score (nSPS) is 12.4. The summed E-state index contributed by atoms with van der Waals surface area (Å²) in [6.07, 6.45) is 4.90. The number of ether oxygens (including phenoxy) is 1. The molecule has 1 aromatic carbocycles. The summed E-state index contributed by atoms with van der Waals surface area (Å²) in [7, 11) is 0. The lowest BCUT2D eigenvalue weighted by atomic mass is 10.0. The van der Waals surface area contributed by atoms with Crippen molar-refractivity contribution in [3.05, 3.63) is 28.8 Å². The SMILES string of the molecule is CCCCC(CC)COc1ccc(Cl)cc1CCl. The van der Waals surface area contributed by atoms with Crippen molar-refractivity contribution in [2.24, 2.45) is 5.92 Å². The Morgan fingerprint density at radius 3 is 2.67 bits per heavy atom. The highest BCUT2D eigenvalue weighted by Crippen LogP contribution is 2.25. The molecule has 0 spiro atoms. The third-order valence-corrected chi connectivity index (χ3v) is 3.71. The molecule has 0 aliphatic heterocycles. The zero-order valence-electron chi connectivity index (χ0n) is 11.2. The molecule has 0 N–H and O–H groups in total. The van der Waals surface area contributed by atoms with Crippen molar-refractivity contribution in [1.29, 1.82) is 0 Å². The van der Waals surface area contributed by atoms with E-state index >= 15 is 0 Å². The van der Waals surface area contributed by atoms with Gasteiger partial charge in [-0.1, -0.05) is 44.7 Å². The first-order chi connectivity index (χ1) is 8.71. The zero-order valence-corrected chi connectivity index (χ0v) is 12.7. The number of rotatable bonds is 8. The molecule has 18 heavy (non-hydrogen) atoms. The molecule has 0 bridgehead atoms. The summed E-state index contributed by atoms with van der Waals surface area (Å²) in [6.45, 7) is 5.20. The van der Waals surface area contributed by atoms with Gasteiger partial charge in [0, 0.05) is 10.6 Å². The van der Waals surface area contributed by atoms with Crippen molar-refractivity contribution in [3.8, 4) is 5.75 Å². The van der Waals surface area contributed by atoms with Crippen LogP contribution in [0, 0.1) is 5.92 Å². The molecule has 102 valence electrons. The van der Waals surface area contributed by atoms with Crippen LogP contribution in [0.1, 0.15) is 45.1 Å². The summed E-state index contributed by atoms with van der Waals surface area (Å²) in [5.41, 5.74) is 0.967. The first kappa shape index (κ1) is 15.7. The predicted octanol–water partition coefficient (Wildman–Crippen LogP) is 5.67. The van der Waals surface area contributed by atoms with Gasteiger partial charge in [0.1, 0.15) is 5.75 Å². The Labute approximate surface area is 120 Å². The Morgan fingerprint density at radius 2 is 2.06 bits per heavy atom. The zero-order chi connectivity index (χ0) is 13.4. The Balaban J connectivity index is 2.56. The number of benzene rings is 1. The minimum absolute atomic E-state index is 0.432. The van der Waals surface area contributed by atoms with Gasteiger partial charge in [-0.3, -0.25) is 0 Å². The van der Waals surface area contributed by atoms with Gasteiger partial charge in [-0.2, -0.15) is 0 Å². The van der Waals surface area contributed by atoms with E-state index < -0.39 is 0 Å². The number of alkyl halides is 1. The van der Waals surface area contributed by atoms with Gasteiger partial charge < -0.3 is 4.74 Å². The van der Waals surface area contributed by atoms with Gasteiger partial charge in [-0.15, -0.1) is 11.6 Å². The number of halogens is 2. The van der Waals surface area contributed by atoms with E-state index in [2.05, 4.69) is 13.8 Å². The van der Waals surface area contributed by atoms with E-state index in [1.807, 2.05) is 18.2 Å². The molecule has 0 saturated heterocycles. The molecule has 1 nitrogen and oxygen atoms in total. The molecule has 1 unspecified atom stereocenters. The van der Waals surface area contributed by atoms with Crippen LogP contribution >= 0.6 is 23.2 Å². The molecule has 0 fully saturated rings. The van der Waals surface area contributed by atoms with E-state index in [4.69, 9.17) is 27.9 Å². The van der Waals surface area contributed by atoms with Crippen LogP contribution in [-0.4, -0.2) is 6.61 Å². The molecule has 0 heterocycles. The highest BCUT2D eigenvalue weighted by molar-refractivity contribution is 6.30. The fourth-order valence-electron chi connectivity index (χ4n) is 1.90. The largest absolute Gasteiger partial charge is 0.493 e. The van der Waals surface area contributed by atoms with Crippen molar-refractivity contribution in [1.82, 2.24) is 0 Å². The predicted molar refractivity (Wildman–Crippen MR) is 79.8 cm³/mol. The summed E-state index contributed by atoms with van der Waals surface area (Å²) in [5, 5.41) is 0.705. The van der Waals surface area contributed by atoms with Crippen molar-refractivity contribution in [3.63, 3.8) is 0 Å². The third kappa shape index (κ3) is 5.07. The molecular formula is C15H22Cl2O. The van der Waals surface area contributed by atoms with Crippen LogP contribution in [0.15, 0.2) is 18.2 Å². The lowest BCUT2D eigenvalue weighted by molar-refractivity contribution is 0.232. The summed E-state index contributed by atoms with van der Waals surface area (Å²) in [4.78, 5) is 0. The minimum Gasteiger partial charge on any atom is -0.493 e. The molecule has 0 saturated carbocycles. The van der Waals surface area contributed by atoms with Gasteiger partial charge >= 0.3 is 0 Å². The fraction of sp³-hybridized carbons (Fsp3) is 0.600. The molecule has 0 aliphatic carbocycles. The average Bonchev–Trinajstić information content (AvgIpc) is 2.40. The number of hydrogen-bond acceptors (Lipinski definition) is 1. The molecule has 0 radical (unpaired) electrons. The van der Waals surface area contributed by atoms with Crippen molar-refractivity contribution in [2.45, 2.75) is 45.4 Å². The van der Waals surface area contributed by atoms with Crippen molar-refractivity contribution >= 4 is 23.2 Å². The first-order valence-electron chi connectivity index (χ1n) is 6.68. The van der Waals surface area contributed by atoms with Crippen LogP contribution < -0.4 is 4.74 Å². The van der Waals surface area contributed by atoms with Crippen LogP contribution in [0.25, 0.3) is 0 Å². The minimum atomic E-state index is 0.432. The Bertz CT molecular complexity index is 352. The second-order valence-corrected chi connectivity index (χ2v) is 5.32. The molecule has 1 rings (SSSR count). The second-order valence-electron chi connectivity index (χ2n) is 4.61. The Hall–Kier alpha value is -0.400. The van der Waals surface area contributed by atoms with Crippen LogP contribution in [-0.2, 0) is 5.88 Å². The van der Waals surface area contributed by atoms with Gasteiger partial charge in [0.05, 0.1) is 12.5 Å². The Kier molecular flexibility index (Phi) is 7.53. The summed E-state index contributed by atoms with van der Waals surface area (Å²) >= 11 is 11.8. The maximum Gasteiger partial charge on any atom is 0.123 e. The summed E-state index contributed by atoms with van der Waals surface area (Å²) < 4.78 is 5.89. The van der Waals surface area contributed by atoms with Crippen LogP contribution in [0.4, 0.5) is 0 Å². The van der Waals surface area contributed by atoms with Gasteiger partial charge in [-0.25, -0.2) is 0 Å². The van der Waals surface area contributed by atoms with E-state index in [-0.39, 0.29) is 0 Å². The van der Waals surface area contributed by atoms with Crippen LogP contribution in [0.2, 0.25) is 5.02 Å². The van der Waals surface area contributed by atoms with Crippen molar-refractivity contribution in [2.75, 3.05) is 6.61 Å². The van der Waals surface area contributed by atoms with E-state index in [9.17, 15) is 0 Å². The highest BCUT2D eigenvalue weighted by atomic mass is 35.5. The molecule has 1 aromatic rings. The van der Waals surface area contributed by atoms with E-state index in [0.717, 1.165) is 24.3 Å². The van der Waals surface area contributed by atoms with E-state index in [0.29, 0.717) is 16.8 Å². The fourth-order valence-corrected chi connectivity index (χ4v) is 2.30. The standard InChI is InChI=1S/C15H22Cl2O/c1-3-5-6-12(4-2)11-18-15-8-7-14(17)9-13(15)10-16/h7-9,12H,3-6,10-11H2,1-2H3. The van der Waals surface area contributed by atoms with E-state index in [1.54, 1.807) is 0 Å². The summed E-state index contributed by atoms with van der Waals surface area (Å²) in [5.74, 6) is 1.93. The summed E-state index contributed by atoms with van der Waals surface area (Å²) in [6, 6.07) is 5.63. The van der Waals surface area contributed by atoms with Gasteiger partial charge in [0.2, 0.25) is 0 Å². The molecule has 0 aliphatic rings. The lowest BCUT2D eigenvalue weighted by Crippen LogP contribution is -2.12. The Morgan fingerprint density at radius 1 is 1.28 bits per heavy atom. The lowest BCUT2D eigenvalue weighted by Gasteiger charge is -2.17. The first-order valence-corrected chi connectivity index (χ1v) is 7.59. The maximum atomic E-state index is 5.94. The molecular weight excluding hydrogens is 267 g/mol. The maximum absolute atomic E-state index is 5.94. The quantitative estimate of drug-likeness (QED) is 0.560. The molecule has 0 amide bonds. The second kappa shape index (κ2) is 8.66. The van der Waals surface area contributed by atoms with Gasteiger partial charge in [0.15, 0.2) is 0 Å². The highest BCUT2D eigenvalue weighted by Gasteiger charge is 2.09. The topological polar surface area (TPSA) is 9.23 Å². The third-order valence-electron chi connectivity index (χ3n) is 3.18. The van der Waals surface area contributed by atoms with Crippen molar-refractivity contribution < 1.29 is 4.74 Å². The molecule has 0 aromatic heterocycles. The van der Waals surface area contributed by atoms with E-state index in [1.165, 1.54) is 19.3 Å². The van der Waals surface area contributed by atoms with Crippen LogP contribution in [0.3, 0.4) is 0 Å². The van der Waals surface area contributed by atoms with Gasteiger partial charge in [-0.05, 0) is 30.5 Å². The smallest absolute Gasteiger partial charge is 0.123 e. The number of hydrogen-bond donors (Lipinski definition) is 0. The number of unbranched alkanes of at least 4 members (excludes halogenated alkanes) is 1.